The Morgan fingerprint density at radius 2 is 1.79 bits per heavy atom. The Kier molecular flexibility index (Phi) is 4.14. The Morgan fingerprint density at radius 3 is 2.21 bits per heavy atom. The molecule has 0 saturated heterocycles. The molecule has 0 heterocycles. The molecule has 0 amide bonds. The third-order valence-corrected chi connectivity index (χ3v) is 8.66. The summed E-state index contributed by atoms with van der Waals surface area (Å²) in [6, 6.07) is 3.37. The molecular weight excluding hydrogens is 285 g/mol. The monoisotopic (exact) mass is 305 g/mol. The lowest BCUT2D eigenvalue weighted by Crippen LogP contribution is -2.44. The van der Waals surface area contributed by atoms with E-state index in [2.05, 4.69) is 0 Å². The first-order valence-electron chi connectivity index (χ1n) is 5.86. The van der Waals surface area contributed by atoms with Crippen molar-refractivity contribution in [3.8, 4) is 5.75 Å². The summed E-state index contributed by atoms with van der Waals surface area (Å²) in [7, 11) is -6.23. The minimum atomic E-state index is -4.02. The molecule has 0 fully saturated rings. The van der Waals surface area contributed by atoms with Crippen LogP contribution in [0.1, 0.15) is 20.8 Å². The fourth-order valence-corrected chi connectivity index (χ4v) is 2.99. The summed E-state index contributed by atoms with van der Waals surface area (Å²) < 4.78 is 42.0. The summed E-state index contributed by atoms with van der Waals surface area (Å²) in [6.07, 6.45) is 0. The Balaban J connectivity index is 3.31. The van der Waals surface area contributed by atoms with Gasteiger partial charge in [0.1, 0.15) is 16.5 Å². The number of hydrogen-bond acceptors (Lipinski definition) is 3. The highest BCUT2D eigenvalue weighted by atomic mass is 32.2. The second-order valence-electron chi connectivity index (χ2n) is 6.00. The minimum Gasteiger partial charge on any atom is -0.543 e. The third-order valence-electron chi connectivity index (χ3n) is 3.38. The van der Waals surface area contributed by atoms with Gasteiger partial charge in [-0.15, -0.1) is 0 Å². The highest BCUT2D eigenvalue weighted by Gasteiger charge is 2.39. The lowest BCUT2D eigenvalue weighted by molar-refractivity contribution is 0.477. The molecule has 2 N–H and O–H groups in total. The van der Waals surface area contributed by atoms with Crippen molar-refractivity contribution in [3.05, 3.63) is 24.0 Å². The molecule has 0 aromatic heterocycles. The zero-order valence-corrected chi connectivity index (χ0v) is 13.6. The molecule has 1 aromatic rings. The van der Waals surface area contributed by atoms with E-state index in [4.69, 9.17) is 9.56 Å². The van der Waals surface area contributed by atoms with E-state index in [1.807, 2.05) is 33.9 Å². The summed E-state index contributed by atoms with van der Waals surface area (Å²) in [4.78, 5) is -0.308. The van der Waals surface area contributed by atoms with Gasteiger partial charge in [0.05, 0.1) is 0 Å². The maximum Gasteiger partial charge on any atom is 0.250 e. The van der Waals surface area contributed by atoms with Gasteiger partial charge in [0.15, 0.2) is 0 Å². The first kappa shape index (κ1) is 16.1. The van der Waals surface area contributed by atoms with Crippen LogP contribution in [0.5, 0.6) is 5.75 Å². The number of nitrogens with two attached hydrogens (primary N) is 1. The van der Waals surface area contributed by atoms with Crippen LogP contribution in [-0.4, -0.2) is 16.7 Å². The van der Waals surface area contributed by atoms with Crippen LogP contribution < -0.4 is 9.56 Å². The van der Waals surface area contributed by atoms with Gasteiger partial charge in [-0.2, -0.15) is 0 Å². The van der Waals surface area contributed by atoms with Crippen molar-refractivity contribution in [2.45, 2.75) is 43.8 Å². The van der Waals surface area contributed by atoms with Crippen LogP contribution in [0.4, 0.5) is 4.39 Å². The maximum atomic E-state index is 13.2. The molecule has 0 aliphatic carbocycles. The van der Waals surface area contributed by atoms with Gasteiger partial charge in [-0.1, -0.05) is 20.8 Å². The molecule has 1 rings (SSSR count). The molecular formula is C12H20FNO3SSi. The Labute approximate surface area is 115 Å². The van der Waals surface area contributed by atoms with Crippen LogP contribution >= 0.6 is 0 Å². The van der Waals surface area contributed by atoms with Gasteiger partial charge >= 0.3 is 0 Å². The zero-order valence-electron chi connectivity index (χ0n) is 11.8. The van der Waals surface area contributed by atoms with Gasteiger partial charge in [0.2, 0.25) is 10.0 Å². The predicted octanol–water partition coefficient (Wildman–Crippen LogP) is 2.86. The van der Waals surface area contributed by atoms with Gasteiger partial charge in [0, 0.05) is 0 Å². The molecule has 0 spiro atoms. The van der Waals surface area contributed by atoms with Crippen molar-refractivity contribution < 1.29 is 17.2 Å². The van der Waals surface area contributed by atoms with Crippen LogP contribution in [0.25, 0.3) is 0 Å². The number of hydrogen-bond donors (Lipinski definition) is 1. The Bertz CT molecular complexity index is 579. The second kappa shape index (κ2) is 4.88. The SMILES string of the molecule is CC(C)(C)[Si](C)(C)Oc1ccc(F)cc1S(N)(=O)=O. The third kappa shape index (κ3) is 3.77. The smallest absolute Gasteiger partial charge is 0.250 e. The number of rotatable bonds is 3. The van der Waals surface area contributed by atoms with E-state index in [9.17, 15) is 12.8 Å². The lowest BCUT2D eigenvalue weighted by Gasteiger charge is -2.36. The van der Waals surface area contributed by atoms with Crippen LogP contribution in [0.2, 0.25) is 18.1 Å². The molecule has 0 atom stereocenters. The van der Waals surface area contributed by atoms with Crippen molar-refractivity contribution in [2.75, 3.05) is 0 Å². The van der Waals surface area contributed by atoms with Crippen LogP contribution in [-0.2, 0) is 10.0 Å². The highest BCUT2D eigenvalue weighted by Crippen LogP contribution is 2.38. The minimum absolute atomic E-state index is 0.100. The number of halogens is 1. The van der Waals surface area contributed by atoms with Crippen LogP contribution in [0.3, 0.4) is 0 Å². The van der Waals surface area contributed by atoms with Gasteiger partial charge < -0.3 is 4.43 Å². The molecule has 0 aliphatic heterocycles. The number of sulfonamides is 1. The summed E-state index contributed by atoms with van der Waals surface area (Å²) in [5.41, 5.74) is 0. The quantitative estimate of drug-likeness (QED) is 0.873. The molecule has 1 aromatic carbocycles. The standard InChI is InChI=1S/C12H20FNO3SSi/c1-12(2,3)19(4,5)17-10-7-6-9(13)8-11(10)18(14,15)16/h6-8H,1-5H3,(H2,14,15,16). The van der Waals surface area contributed by atoms with Crippen molar-refractivity contribution in [3.63, 3.8) is 0 Å². The van der Waals surface area contributed by atoms with Crippen LogP contribution in [0, 0.1) is 5.82 Å². The van der Waals surface area contributed by atoms with E-state index in [0.717, 1.165) is 12.1 Å². The summed E-state index contributed by atoms with van der Waals surface area (Å²) >= 11 is 0. The van der Waals surface area contributed by atoms with E-state index in [1.54, 1.807) is 0 Å². The average Bonchev–Trinajstić information content (AvgIpc) is 2.17. The molecule has 0 saturated carbocycles. The van der Waals surface area contributed by atoms with Gasteiger partial charge in [0.25, 0.3) is 8.32 Å². The molecule has 4 nitrogen and oxygen atoms in total. The molecule has 108 valence electrons. The Hall–Kier alpha value is -0.923. The van der Waals surface area contributed by atoms with Crippen molar-refractivity contribution in [1.29, 1.82) is 0 Å². The lowest BCUT2D eigenvalue weighted by atomic mass is 10.2. The van der Waals surface area contributed by atoms with E-state index in [1.165, 1.54) is 6.07 Å². The molecule has 0 aliphatic rings. The number of primary sulfonamides is 1. The largest absolute Gasteiger partial charge is 0.543 e. The first-order valence-corrected chi connectivity index (χ1v) is 10.3. The topological polar surface area (TPSA) is 69.4 Å². The van der Waals surface area contributed by atoms with E-state index in [0.29, 0.717) is 0 Å². The molecule has 19 heavy (non-hydrogen) atoms. The van der Waals surface area contributed by atoms with Gasteiger partial charge in [-0.25, -0.2) is 17.9 Å². The van der Waals surface area contributed by atoms with E-state index < -0.39 is 24.2 Å². The van der Waals surface area contributed by atoms with Crippen molar-refractivity contribution in [1.82, 2.24) is 0 Å². The van der Waals surface area contributed by atoms with E-state index in [-0.39, 0.29) is 15.7 Å². The first-order chi connectivity index (χ1) is 8.34. The van der Waals surface area contributed by atoms with E-state index >= 15 is 0 Å². The normalized spacial score (nSPS) is 13.4. The zero-order chi connectivity index (χ0) is 15.1. The highest BCUT2D eigenvalue weighted by molar-refractivity contribution is 7.89. The Morgan fingerprint density at radius 1 is 1.26 bits per heavy atom. The fraction of sp³-hybridized carbons (Fsp3) is 0.500. The van der Waals surface area contributed by atoms with Gasteiger partial charge in [-0.3, -0.25) is 0 Å². The molecule has 0 bridgehead atoms. The second-order valence-corrected chi connectivity index (χ2v) is 12.3. The summed E-state index contributed by atoms with van der Waals surface area (Å²) in [6.45, 7) is 10.0. The fourth-order valence-electron chi connectivity index (χ4n) is 1.22. The van der Waals surface area contributed by atoms with Gasteiger partial charge in [-0.05, 0) is 36.3 Å². The van der Waals surface area contributed by atoms with Crippen molar-refractivity contribution >= 4 is 18.3 Å². The number of benzene rings is 1. The van der Waals surface area contributed by atoms with Crippen LogP contribution in [0.15, 0.2) is 23.1 Å². The summed E-state index contributed by atoms with van der Waals surface area (Å²) in [5.74, 6) is -0.540. The van der Waals surface area contributed by atoms with Crippen molar-refractivity contribution in [2.24, 2.45) is 5.14 Å². The predicted molar refractivity (Wildman–Crippen MR) is 75.6 cm³/mol. The molecule has 0 radical (unpaired) electrons. The molecule has 7 heteroatoms. The maximum absolute atomic E-state index is 13.2. The summed E-state index contributed by atoms with van der Waals surface area (Å²) in [5, 5.41) is 5.00. The average molecular weight is 305 g/mol. The molecule has 0 unspecified atom stereocenters.